The van der Waals surface area contributed by atoms with Crippen LogP contribution in [0.25, 0.3) is 11.1 Å². The van der Waals surface area contributed by atoms with Gasteiger partial charge < -0.3 is 4.74 Å². The van der Waals surface area contributed by atoms with Crippen molar-refractivity contribution in [3.8, 4) is 0 Å². The standard InChI is InChI=1S/C18H16O/c1-3-7-15-13(5-1)9-10-14-6-2-4-8-16(14)18-12-19-11-17(15)18/h1-8H,9-12H2. The molecule has 0 amide bonds. The first-order valence-corrected chi connectivity index (χ1v) is 6.90. The summed E-state index contributed by atoms with van der Waals surface area (Å²) in [4.78, 5) is 0. The van der Waals surface area contributed by atoms with Crippen molar-refractivity contribution in [2.75, 3.05) is 13.2 Å². The number of benzene rings is 2. The Morgan fingerprint density at radius 3 is 1.63 bits per heavy atom. The molecule has 0 spiro atoms. The summed E-state index contributed by atoms with van der Waals surface area (Å²) < 4.78 is 5.74. The molecule has 1 aliphatic heterocycles. The van der Waals surface area contributed by atoms with Crippen molar-refractivity contribution in [2.24, 2.45) is 0 Å². The molecule has 0 bridgehead atoms. The molecule has 1 heterocycles. The zero-order valence-corrected chi connectivity index (χ0v) is 10.9. The van der Waals surface area contributed by atoms with E-state index in [0.29, 0.717) is 0 Å². The van der Waals surface area contributed by atoms with Crippen LogP contribution in [0.4, 0.5) is 0 Å². The Balaban J connectivity index is 2.00. The first-order chi connectivity index (χ1) is 9.43. The van der Waals surface area contributed by atoms with Crippen molar-refractivity contribution in [2.45, 2.75) is 12.8 Å². The van der Waals surface area contributed by atoms with E-state index in [9.17, 15) is 0 Å². The molecule has 0 saturated carbocycles. The van der Waals surface area contributed by atoms with Crippen LogP contribution in [-0.4, -0.2) is 13.2 Å². The third kappa shape index (κ3) is 1.73. The molecule has 1 aliphatic carbocycles. The minimum atomic E-state index is 0.751. The van der Waals surface area contributed by atoms with Crippen molar-refractivity contribution >= 4 is 11.1 Å². The molecule has 2 aromatic carbocycles. The van der Waals surface area contributed by atoms with Crippen LogP contribution in [0, 0.1) is 0 Å². The highest BCUT2D eigenvalue weighted by Crippen LogP contribution is 2.37. The van der Waals surface area contributed by atoms with Crippen molar-refractivity contribution in [3.05, 3.63) is 70.8 Å². The van der Waals surface area contributed by atoms with E-state index in [1.54, 1.807) is 0 Å². The fourth-order valence-corrected chi connectivity index (χ4v) is 3.24. The molecular formula is C18H16O. The SMILES string of the molecule is c1ccc2c(c1)CCc1ccccc1C1=C2COC1. The maximum Gasteiger partial charge on any atom is 0.0731 e. The minimum Gasteiger partial charge on any atom is -0.372 e. The molecule has 0 unspecified atom stereocenters. The molecule has 0 saturated heterocycles. The number of hydrogen-bond donors (Lipinski definition) is 0. The molecule has 1 heteroatoms. The summed E-state index contributed by atoms with van der Waals surface area (Å²) in [6.07, 6.45) is 2.23. The quantitative estimate of drug-likeness (QED) is 0.690. The van der Waals surface area contributed by atoms with E-state index < -0.39 is 0 Å². The molecule has 0 atom stereocenters. The first-order valence-electron chi connectivity index (χ1n) is 6.90. The minimum absolute atomic E-state index is 0.751. The first kappa shape index (κ1) is 11.0. The largest absolute Gasteiger partial charge is 0.372 e. The Hall–Kier alpha value is -1.86. The van der Waals surface area contributed by atoms with Crippen molar-refractivity contribution < 1.29 is 4.74 Å². The highest BCUT2D eigenvalue weighted by atomic mass is 16.5. The summed E-state index contributed by atoms with van der Waals surface area (Å²) in [5, 5.41) is 0. The van der Waals surface area contributed by atoms with Gasteiger partial charge in [0.1, 0.15) is 0 Å². The van der Waals surface area contributed by atoms with Gasteiger partial charge in [0.25, 0.3) is 0 Å². The Labute approximate surface area is 113 Å². The van der Waals surface area contributed by atoms with E-state index in [0.717, 1.165) is 26.1 Å². The van der Waals surface area contributed by atoms with Crippen LogP contribution in [-0.2, 0) is 17.6 Å². The second-order valence-electron chi connectivity index (χ2n) is 5.26. The van der Waals surface area contributed by atoms with E-state index in [2.05, 4.69) is 48.5 Å². The van der Waals surface area contributed by atoms with Gasteiger partial charge in [-0.3, -0.25) is 0 Å². The van der Waals surface area contributed by atoms with Crippen molar-refractivity contribution in [3.63, 3.8) is 0 Å². The van der Waals surface area contributed by atoms with Gasteiger partial charge in [0.2, 0.25) is 0 Å². The Bertz CT molecular complexity index is 609. The number of rotatable bonds is 0. The van der Waals surface area contributed by atoms with Crippen LogP contribution in [0.2, 0.25) is 0 Å². The van der Waals surface area contributed by atoms with Gasteiger partial charge in [-0.05, 0) is 46.2 Å². The van der Waals surface area contributed by atoms with Crippen LogP contribution >= 0.6 is 0 Å². The molecular weight excluding hydrogens is 232 g/mol. The van der Waals surface area contributed by atoms with E-state index in [-0.39, 0.29) is 0 Å². The van der Waals surface area contributed by atoms with Crippen LogP contribution in [0.5, 0.6) is 0 Å². The second kappa shape index (κ2) is 4.36. The predicted octanol–water partition coefficient (Wildman–Crippen LogP) is 3.73. The highest BCUT2D eigenvalue weighted by Gasteiger charge is 2.23. The molecule has 4 rings (SSSR count). The lowest BCUT2D eigenvalue weighted by Crippen LogP contribution is -2.04. The summed E-state index contributed by atoms with van der Waals surface area (Å²) in [5.74, 6) is 0. The summed E-state index contributed by atoms with van der Waals surface area (Å²) in [5.41, 5.74) is 8.48. The average molecular weight is 248 g/mol. The maximum atomic E-state index is 5.74. The lowest BCUT2D eigenvalue weighted by molar-refractivity contribution is 0.219. The third-order valence-corrected chi connectivity index (χ3v) is 4.21. The number of ether oxygens (including phenoxy) is 1. The Morgan fingerprint density at radius 1 is 0.632 bits per heavy atom. The zero-order chi connectivity index (χ0) is 12.7. The van der Waals surface area contributed by atoms with Gasteiger partial charge in [0.15, 0.2) is 0 Å². The summed E-state index contributed by atoms with van der Waals surface area (Å²) >= 11 is 0. The van der Waals surface area contributed by atoms with Crippen LogP contribution < -0.4 is 0 Å². The van der Waals surface area contributed by atoms with Gasteiger partial charge in [-0.25, -0.2) is 0 Å². The number of fused-ring (bicyclic) bond motifs is 4. The maximum absolute atomic E-state index is 5.74. The highest BCUT2D eigenvalue weighted by molar-refractivity contribution is 5.95. The van der Waals surface area contributed by atoms with Gasteiger partial charge >= 0.3 is 0 Å². The molecule has 0 N–H and O–H groups in total. The lowest BCUT2D eigenvalue weighted by atomic mass is 9.85. The van der Waals surface area contributed by atoms with Crippen molar-refractivity contribution in [1.82, 2.24) is 0 Å². The predicted molar refractivity (Wildman–Crippen MR) is 77.9 cm³/mol. The summed E-state index contributed by atoms with van der Waals surface area (Å²) in [7, 11) is 0. The van der Waals surface area contributed by atoms with E-state index >= 15 is 0 Å². The topological polar surface area (TPSA) is 9.23 Å². The van der Waals surface area contributed by atoms with E-state index in [1.165, 1.54) is 33.4 Å². The number of aryl methyl sites for hydroxylation is 2. The van der Waals surface area contributed by atoms with Gasteiger partial charge in [-0.2, -0.15) is 0 Å². The monoisotopic (exact) mass is 248 g/mol. The van der Waals surface area contributed by atoms with Gasteiger partial charge in [-0.1, -0.05) is 48.5 Å². The zero-order valence-electron chi connectivity index (χ0n) is 10.9. The summed E-state index contributed by atoms with van der Waals surface area (Å²) in [6, 6.07) is 17.5. The summed E-state index contributed by atoms with van der Waals surface area (Å²) in [6.45, 7) is 1.50. The molecule has 19 heavy (non-hydrogen) atoms. The van der Waals surface area contributed by atoms with Gasteiger partial charge in [0.05, 0.1) is 13.2 Å². The number of hydrogen-bond acceptors (Lipinski definition) is 1. The molecule has 1 nitrogen and oxygen atoms in total. The van der Waals surface area contributed by atoms with Crippen LogP contribution in [0.15, 0.2) is 48.5 Å². The van der Waals surface area contributed by atoms with Crippen LogP contribution in [0.1, 0.15) is 22.3 Å². The van der Waals surface area contributed by atoms with Gasteiger partial charge in [-0.15, -0.1) is 0 Å². The van der Waals surface area contributed by atoms with E-state index in [4.69, 9.17) is 4.74 Å². The van der Waals surface area contributed by atoms with Crippen molar-refractivity contribution in [1.29, 1.82) is 0 Å². The second-order valence-corrected chi connectivity index (χ2v) is 5.26. The molecule has 0 fully saturated rings. The molecule has 94 valence electrons. The fraction of sp³-hybridized carbons (Fsp3) is 0.222. The van der Waals surface area contributed by atoms with Gasteiger partial charge in [0, 0.05) is 0 Å². The Kier molecular flexibility index (Phi) is 2.52. The molecule has 0 aromatic heterocycles. The average Bonchev–Trinajstić information content (AvgIpc) is 2.92. The van der Waals surface area contributed by atoms with E-state index in [1.807, 2.05) is 0 Å². The molecule has 2 aliphatic rings. The Morgan fingerprint density at radius 2 is 1.11 bits per heavy atom. The normalized spacial score (nSPS) is 17.3. The smallest absolute Gasteiger partial charge is 0.0731 e. The van der Waals surface area contributed by atoms with Crippen LogP contribution in [0.3, 0.4) is 0 Å². The molecule has 2 aromatic rings. The third-order valence-electron chi connectivity index (χ3n) is 4.21. The fourth-order valence-electron chi connectivity index (χ4n) is 3.24. The lowest BCUT2D eigenvalue weighted by Gasteiger charge is -2.18. The molecule has 0 radical (unpaired) electrons.